The molecule has 3 aromatic rings. The van der Waals surface area contributed by atoms with Crippen molar-refractivity contribution in [1.82, 2.24) is 19.9 Å². The van der Waals surface area contributed by atoms with Crippen LogP contribution in [0.5, 0.6) is 0 Å². The molecule has 9 nitrogen and oxygen atoms in total. The number of carbonyl (C=O) groups is 1. The molecule has 0 unspecified atom stereocenters. The topological polar surface area (TPSA) is 106 Å². The maximum Gasteiger partial charge on any atom is 0.282 e. The zero-order valence-electron chi connectivity index (χ0n) is 16.3. The molecule has 0 radical (unpaired) electrons. The molecule has 1 aromatic carbocycles. The second-order valence-corrected chi connectivity index (χ2v) is 7.95. The van der Waals surface area contributed by atoms with Gasteiger partial charge >= 0.3 is 0 Å². The number of para-hydroxylation sites is 1. The number of nitro benzene ring substituents is 1. The Morgan fingerprint density at radius 2 is 1.97 bits per heavy atom. The van der Waals surface area contributed by atoms with Gasteiger partial charge in [0.05, 0.1) is 9.80 Å². The number of hydrogen-bond acceptors (Lipinski definition) is 8. The molecule has 0 N–H and O–H groups in total. The number of nitro groups is 1. The fourth-order valence-corrected chi connectivity index (χ4v) is 4.12. The van der Waals surface area contributed by atoms with Crippen LogP contribution < -0.4 is 0 Å². The van der Waals surface area contributed by atoms with Crippen LogP contribution in [-0.4, -0.2) is 63.5 Å². The molecule has 3 heterocycles. The van der Waals surface area contributed by atoms with E-state index in [0.29, 0.717) is 31.2 Å². The third-order valence-electron chi connectivity index (χ3n) is 5.07. The Morgan fingerprint density at radius 3 is 2.70 bits per heavy atom. The normalized spacial score (nSPS) is 14.7. The molecule has 0 spiro atoms. The molecule has 156 valence electrons. The van der Waals surface area contributed by atoms with Crippen LogP contribution >= 0.6 is 11.3 Å². The van der Waals surface area contributed by atoms with Crippen LogP contribution in [0.15, 0.2) is 46.3 Å². The standard InChI is InChI=1S/C20H21N5O4S/c26-20(15-5-1-2-6-16(15)25(27)28)24-12-10-23(11-13-24)9-3-8-18-21-19(22-29-18)17-7-4-14-30-17/h1-2,4-7,14H,3,8-13H2. The minimum Gasteiger partial charge on any atom is -0.339 e. The van der Waals surface area contributed by atoms with E-state index in [1.54, 1.807) is 28.4 Å². The van der Waals surface area contributed by atoms with E-state index >= 15 is 0 Å². The molecular formula is C20H21N5O4S. The smallest absolute Gasteiger partial charge is 0.282 e. The average Bonchev–Trinajstić information content (AvgIpc) is 3.46. The number of piperazine rings is 1. The van der Waals surface area contributed by atoms with Crippen molar-refractivity contribution in [3.63, 3.8) is 0 Å². The third kappa shape index (κ3) is 4.55. The summed E-state index contributed by atoms with van der Waals surface area (Å²) in [6, 6.07) is 10.0. The highest BCUT2D eigenvalue weighted by atomic mass is 32.1. The summed E-state index contributed by atoms with van der Waals surface area (Å²) in [5.74, 6) is 0.972. The first-order valence-electron chi connectivity index (χ1n) is 9.73. The van der Waals surface area contributed by atoms with Crippen molar-refractivity contribution in [2.75, 3.05) is 32.7 Å². The summed E-state index contributed by atoms with van der Waals surface area (Å²) >= 11 is 1.58. The summed E-state index contributed by atoms with van der Waals surface area (Å²) in [5.41, 5.74) is 0.000271. The van der Waals surface area contributed by atoms with Gasteiger partial charge in [0.2, 0.25) is 11.7 Å². The molecule has 0 saturated carbocycles. The van der Waals surface area contributed by atoms with Gasteiger partial charge in [0, 0.05) is 38.7 Å². The fraction of sp³-hybridized carbons (Fsp3) is 0.350. The van der Waals surface area contributed by atoms with E-state index in [9.17, 15) is 14.9 Å². The first-order chi connectivity index (χ1) is 14.6. The molecule has 0 aliphatic carbocycles. The van der Waals surface area contributed by atoms with Gasteiger partial charge < -0.3 is 9.42 Å². The number of aryl methyl sites for hydroxylation is 1. The molecule has 2 aromatic heterocycles. The summed E-state index contributed by atoms with van der Waals surface area (Å²) in [5, 5.41) is 17.2. The first kappa shape index (κ1) is 20.2. The SMILES string of the molecule is O=C(c1ccccc1[N+](=O)[O-])N1CCN(CCCc2nc(-c3cccs3)no2)CC1. The molecule has 1 aliphatic heterocycles. The molecule has 4 rings (SSSR count). The minimum atomic E-state index is -0.509. The van der Waals surface area contributed by atoms with Gasteiger partial charge in [-0.3, -0.25) is 19.8 Å². The van der Waals surface area contributed by atoms with Crippen molar-refractivity contribution >= 4 is 22.9 Å². The number of rotatable bonds is 7. The Labute approximate surface area is 177 Å². The number of nitrogens with zero attached hydrogens (tertiary/aromatic N) is 5. The van der Waals surface area contributed by atoms with Crippen LogP contribution in [0.1, 0.15) is 22.7 Å². The molecule has 1 fully saturated rings. The van der Waals surface area contributed by atoms with Crippen LogP contribution in [0.25, 0.3) is 10.7 Å². The Morgan fingerprint density at radius 1 is 1.17 bits per heavy atom. The number of benzene rings is 1. The lowest BCUT2D eigenvalue weighted by atomic mass is 10.1. The summed E-state index contributed by atoms with van der Waals surface area (Å²) in [6.07, 6.45) is 1.58. The van der Waals surface area contributed by atoms with Gasteiger partial charge in [-0.15, -0.1) is 11.3 Å². The van der Waals surface area contributed by atoms with Gasteiger partial charge in [-0.2, -0.15) is 4.98 Å². The Bertz CT molecular complexity index is 1010. The Kier molecular flexibility index (Phi) is 6.15. The van der Waals surface area contributed by atoms with Crippen LogP contribution in [0, 0.1) is 10.1 Å². The van der Waals surface area contributed by atoms with Gasteiger partial charge in [0.15, 0.2) is 0 Å². The number of carbonyl (C=O) groups excluding carboxylic acids is 1. The summed E-state index contributed by atoms with van der Waals surface area (Å²) in [4.78, 5) is 32.8. The van der Waals surface area contributed by atoms with E-state index < -0.39 is 4.92 Å². The van der Waals surface area contributed by atoms with Crippen LogP contribution in [-0.2, 0) is 6.42 Å². The average molecular weight is 427 g/mol. The van der Waals surface area contributed by atoms with Crippen molar-refractivity contribution in [3.8, 4) is 10.7 Å². The zero-order chi connectivity index (χ0) is 20.9. The summed E-state index contributed by atoms with van der Waals surface area (Å²) in [6.45, 7) is 3.43. The second-order valence-electron chi connectivity index (χ2n) is 7.00. The minimum absolute atomic E-state index is 0.147. The highest BCUT2D eigenvalue weighted by Gasteiger charge is 2.27. The molecule has 1 saturated heterocycles. The van der Waals surface area contributed by atoms with Gasteiger partial charge in [-0.25, -0.2) is 0 Å². The number of amides is 1. The van der Waals surface area contributed by atoms with Gasteiger partial charge in [0.25, 0.3) is 11.6 Å². The van der Waals surface area contributed by atoms with Crippen molar-refractivity contribution in [2.24, 2.45) is 0 Å². The van der Waals surface area contributed by atoms with E-state index in [2.05, 4.69) is 15.0 Å². The monoisotopic (exact) mass is 427 g/mol. The van der Waals surface area contributed by atoms with E-state index in [1.807, 2.05) is 17.5 Å². The van der Waals surface area contributed by atoms with Crippen LogP contribution in [0.4, 0.5) is 5.69 Å². The molecule has 0 atom stereocenters. The molecule has 1 aliphatic rings. The van der Waals surface area contributed by atoms with E-state index in [0.717, 1.165) is 30.9 Å². The summed E-state index contributed by atoms with van der Waals surface area (Å²) in [7, 11) is 0. The van der Waals surface area contributed by atoms with Gasteiger partial charge in [-0.1, -0.05) is 23.4 Å². The lowest BCUT2D eigenvalue weighted by Gasteiger charge is -2.34. The lowest BCUT2D eigenvalue weighted by molar-refractivity contribution is -0.385. The van der Waals surface area contributed by atoms with E-state index in [-0.39, 0.29) is 17.2 Å². The Hall–Kier alpha value is -3.11. The van der Waals surface area contributed by atoms with Gasteiger partial charge in [-0.05, 0) is 30.5 Å². The van der Waals surface area contributed by atoms with Crippen molar-refractivity contribution < 1.29 is 14.2 Å². The molecule has 30 heavy (non-hydrogen) atoms. The van der Waals surface area contributed by atoms with Crippen LogP contribution in [0.3, 0.4) is 0 Å². The largest absolute Gasteiger partial charge is 0.339 e. The second kappa shape index (κ2) is 9.14. The van der Waals surface area contributed by atoms with Crippen molar-refractivity contribution in [1.29, 1.82) is 0 Å². The number of hydrogen-bond donors (Lipinski definition) is 0. The lowest BCUT2D eigenvalue weighted by Crippen LogP contribution is -2.49. The Balaban J connectivity index is 1.24. The van der Waals surface area contributed by atoms with Gasteiger partial charge in [0.1, 0.15) is 5.56 Å². The zero-order valence-corrected chi connectivity index (χ0v) is 17.1. The molecule has 1 amide bonds. The highest BCUT2D eigenvalue weighted by Crippen LogP contribution is 2.22. The predicted molar refractivity (Wildman–Crippen MR) is 111 cm³/mol. The first-order valence-corrected chi connectivity index (χ1v) is 10.6. The number of aromatic nitrogens is 2. The van der Waals surface area contributed by atoms with Crippen molar-refractivity contribution in [2.45, 2.75) is 12.8 Å². The predicted octanol–water partition coefficient (Wildman–Crippen LogP) is 3.10. The fourth-order valence-electron chi connectivity index (χ4n) is 3.47. The van der Waals surface area contributed by atoms with E-state index in [4.69, 9.17) is 4.52 Å². The molecular weight excluding hydrogens is 406 g/mol. The maximum absolute atomic E-state index is 12.7. The quantitative estimate of drug-likeness (QED) is 0.421. The highest BCUT2D eigenvalue weighted by molar-refractivity contribution is 7.13. The maximum atomic E-state index is 12.7. The molecule has 10 heteroatoms. The number of thiophene rings is 1. The molecule has 0 bridgehead atoms. The summed E-state index contributed by atoms with van der Waals surface area (Å²) < 4.78 is 5.32. The third-order valence-corrected chi connectivity index (χ3v) is 5.93. The van der Waals surface area contributed by atoms with Crippen molar-refractivity contribution in [3.05, 3.63) is 63.3 Å². The van der Waals surface area contributed by atoms with E-state index in [1.165, 1.54) is 12.1 Å². The van der Waals surface area contributed by atoms with Crippen LogP contribution in [0.2, 0.25) is 0 Å².